The Labute approximate surface area is 124 Å². The third-order valence-electron chi connectivity index (χ3n) is 2.28. The molecule has 0 aliphatic rings. The van der Waals surface area contributed by atoms with E-state index in [9.17, 15) is 13.6 Å². The van der Waals surface area contributed by atoms with Crippen molar-refractivity contribution in [2.24, 2.45) is 0 Å². The van der Waals surface area contributed by atoms with Gasteiger partial charge in [0.1, 0.15) is 5.76 Å². The minimum absolute atomic E-state index is 0.264. The van der Waals surface area contributed by atoms with Gasteiger partial charge in [-0.15, -0.1) is 0 Å². The van der Waals surface area contributed by atoms with E-state index in [2.05, 4.69) is 6.58 Å². The molecular formula is C17H20F2O2. The van der Waals surface area contributed by atoms with Crippen LogP contribution in [0.25, 0.3) is 0 Å². The van der Waals surface area contributed by atoms with Gasteiger partial charge in [0.15, 0.2) is 11.7 Å². The second-order valence-electron chi connectivity index (χ2n) is 3.85. The van der Waals surface area contributed by atoms with E-state index >= 15 is 0 Å². The molecule has 21 heavy (non-hydrogen) atoms. The third-order valence-corrected chi connectivity index (χ3v) is 2.28. The van der Waals surface area contributed by atoms with Gasteiger partial charge in [0.25, 0.3) is 0 Å². The highest BCUT2D eigenvalue weighted by Crippen LogP contribution is 2.16. The molecule has 0 unspecified atom stereocenters. The minimum atomic E-state index is -1.13. The molecule has 0 spiro atoms. The van der Waals surface area contributed by atoms with Crippen LogP contribution in [-0.4, -0.2) is 5.97 Å². The molecule has 4 heteroatoms. The number of carbonyl (C=O) groups excluding carboxylic acids is 1. The van der Waals surface area contributed by atoms with Gasteiger partial charge >= 0.3 is 5.97 Å². The lowest BCUT2D eigenvalue weighted by Gasteiger charge is -2.04. The first-order chi connectivity index (χ1) is 9.93. The zero-order chi connectivity index (χ0) is 16.4. The molecule has 0 bridgehead atoms. The molecule has 0 heterocycles. The van der Waals surface area contributed by atoms with Gasteiger partial charge in [0.05, 0.1) is 5.56 Å². The SMILES string of the molecule is C=C(/C=C(F)\C(F)=C/C)OC(=O)c1ccc(C)cc1.CC. The van der Waals surface area contributed by atoms with Crippen molar-refractivity contribution in [1.29, 1.82) is 0 Å². The predicted molar refractivity (Wildman–Crippen MR) is 81.1 cm³/mol. The Hall–Kier alpha value is -2.23. The first-order valence-corrected chi connectivity index (χ1v) is 6.61. The Bertz CT molecular complexity index is 540. The van der Waals surface area contributed by atoms with Crippen molar-refractivity contribution in [2.75, 3.05) is 0 Å². The summed E-state index contributed by atoms with van der Waals surface area (Å²) in [6, 6.07) is 6.65. The van der Waals surface area contributed by atoms with Crippen molar-refractivity contribution in [3.63, 3.8) is 0 Å². The highest BCUT2D eigenvalue weighted by molar-refractivity contribution is 5.90. The van der Waals surface area contributed by atoms with Crippen LogP contribution in [0.3, 0.4) is 0 Å². The number of benzene rings is 1. The van der Waals surface area contributed by atoms with Crippen molar-refractivity contribution < 1.29 is 18.3 Å². The predicted octanol–water partition coefficient (Wildman–Crippen LogP) is 5.42. The van der Waals surface area contributed by atoms with Gasteiger partial charge < -0.3 is 4.74 Å². The van der Waals surface area contributed by atoms with Crippen LogP contribution >= 0.6 is 0 Å². The summed E-state index contributed by atoms with van der Waals surface area (Å²) in [6.45, 7) is 10.6. The van der Waals surface area contributed by atoms with E-state index in [1.54, 1.807) is 24.3 Å². The van der Waals surface area contributed by atoms with Gasteiger partial charge in [0.2, 0.25) is 0 Å². The number of ether oxygens (including phenoxy) is 1. The molecule has 0 saturated heterocycles. The first-order valence-electron chi connectivity index (χ1n) is 6.61. The molecule has 1 aromatic carbocycles. The second-order valence-corrected chi connectivity index (χ2v) is 3.85. The average molecular weight is 294 g/mol. The number of hydrogen-bond donors (Lipinski definition) is 0. The summed E-state index contributed by atoms with van der Waals surface area (Å²) in [7, 11) is 0. The zero-order valence-corrected chi connectivity index (χ0v) is 12.7. The third kappa shape index (κ3) is 6.65. The van der Waals surface area contributed by atoms with E-state index < -0.39 is 17.6 Å². The number of rotatable bonds is 4. The Kier molecular flexibility index (Phi) is 8.62. The molecule has 0 N–H and O–H groups in total. The van der Waals surface area contributed by atoms with Gasteiger partial charge in [-0.3, -0.25) is 0 Å². The maximum Gasteiger partial charge on any atom is 0.343 e. The summed E-state index contributed by atoms with van der Waals surface area (Å²) in [6.07, 6.45) is 1.68. The van der Waals surface area contributed by atoms with Crippen LogP contribution in [0.4, 0.5) is 8.78 Å². The summed E-state index contributed by atoms with van der Waals surface area (Å²) in [5.74, 6) is -3.10. The summed E-state index contributed by atoms with van der Waals surface area (Å²) in [5.41, 5.74) is 1.31. The number of aryl methyl sites for hydroxylation is 1. The maximum absolute atomic E-state index is 13.1. The number of esters is 1. The van der Waals surface area contributed by atoms with Crippen LogP contribution in [0.5, 0.6) is 0 Å². The van der Waals surface area contributed by atoms with Crippen LogP contribution in [0.2, 0.25) is 0 Å². The largest absolute Gasteiger partial charge is 0.423 e. The molecule has 114 valence electrons. The van der Waals surface area contributed by atoms with Gasteiger partial charge in [-0.05, 0) is 32.1 Å². The molecule has 0 saturated carbocycles. The van der Waals surface area contributed by atoms with Crippen LogP contribution in [0, 0.1) is 6.92 Å². The fourth-order valence-electron chi connectivity index (χ4n) is 1.25. The molecule has 0 aromatic heterocycles. The standard InChI is InChI=1S/C15H14F2O2.C2H6/c1-4-13(16)14(17)9-11(3)19-15(18)12-7-5-10(2)6-8-12;1-2/h4-9H,3H2,1-2H3;1-2H3/b13-4+,14-9+;. The Morgan fingerprint density at radius 1 is 1.14 bits per heavy atom. The molecule has 2 nitrogen and oxygen atoms in total. The molecule has 0 aliphatic carbocycles. The molecular weight excluding hydrogens is 274 g/mol. The van der Waals surface area contributed by atoms with Crippen LogP contribution in [0.1, 0.15) is 36.7 Å². The average Bonchev–Trinajstić information content (AvgIpc) is 2.48. The molecule has 0 fully saturated rings. The lowest BCUT2D eigenvalue weighted by molar-refractivity contribution is 0.0638. The molecule has 0 aliphatic heterocycles. The summed E-state index contributed by atoms with van der Waals surface area (Å²) >= 11 is 0. The van der Waals surface area contributed by atoms with E-state index in [0.29, 0.717) is 5.56 Å². The van der Waals surface area contributed by atoms with E-state index in [1.807, 2.05) is 20.8 Å². The summed E-state index contributed by atoms with van der Waals surface area (Å²) < 4.78 is 30.7. The van der Waals surface area contributed by atoms with Crippen molar-refractivity contribution in [3.8, 4) is 0 Å². The van der Waals surface area contributed by atoms with Crippen molar-refractivity contribution in [2.45, 2.75) is 27.7 Å². The van der Waals surface area contributed by atoms with E-state index in [4.69, 9.17) is 4.74 Å². The molecule has 0 amide bonds. The summed E-state index contributed by atoms with van der Waals surface area (Å²) in [4.78, 5) is 11.6. The Balaban J connectivity index is 0.00000191. The topological polar surface area (TPSA) is 26.3 Å². The van der Waals surface area contributed by atoms with Gasteiger partial charge in [-0.2, -0.15) is 0 Å². The van der Waals surface area contributed by atoms with E-state index in [0.717, 1.165) is 17.7 Å². The lowest BCUT2D eigenvalue weighted by atomic mass is 10.1. The first kappa shape index (κ1) is 18.8. The molecule has 0 atom stereocenters. The lowest BCUT2D eigenvalue weighted by Crippen LogP contribution is -2.03. The minimum Gasteiger partial charge on any atom is -0.423 e. The van der Waals surface area contributed by atoms with Crippen molar-refractivity contribution >= 4 is 5.97 Å². The molecule has 1 aromatic rings. The molecule has 0 radical (unpaired) electrons. The zero-order valence-electron chi connectivity index (χ0n) is 12.7. The van der Waals surface area contributed by atoms with Crippen LogP contribution < -0.4 is 0 Å². The Morgan fingerprint density at radius 2 is 1.67 bits per heavy atom. The number of halogens is 2. The highest BCUT2D eigenvalue weighted by Gasteiger charge is 2.09. The molecule has 1 rings (SSSR count). The Morgan fingerprint density at radius 3 is 2.14 bits per heavy atom. The van der Waals surface area contributed by atoms with Gasteiger partial charge in [-0.1, -0.05) is 38.1 Å². The van der Waals surface area contributed by atoms with Crippen molar-refractivity contribution in [3.05, 3.63) is 71.5 Å². The fourth-order valence-corrected chi connectivity index (χ4v) is 1.25. The fraction of sp³-hybridized carbons (Fsp3) is 0.235. The second kappa shape index (κ2) is 9.64. The quantitative estimate of drug-likeness (QED) is 0.421. The number of carbonyl (C=O) groups is 1. The normalized spacial score (nSPS) is 11.3. The summed E-state index contributed by atoms with van der Waals surface area (Å²) in [5, 5.41) is 0. The van der Waals surface area contributed by atoms with Crippen LogP contribution in [0.15, 0.2) is 60.4 Å². The van der Waals surface area contributed by atoms with Crippen molar-refractivity contribution in [1.82, 2.24) is 0 Å². The van der Waals surface area contributed by atoms with Gasteiger partial charge in [-0.25, -0.2) is 13.6 Å². The van der Waals surface area contributed by atoms with E-state index in [1.165, 1.54) is 6.92 Å². The number of hydrogen-bond acceptors (Lipinski definition) is 2. The van der Waals surface area contributed by atoms with E-state index in [-0.39, 0.29) is 5.76 Å². The maximum atomic E-state index is 13.1. The van der Waals surface area contributed by atoms with Gasteiger partial charge in [0, 0.05) is 6.08 Å². The highest BCUT2D eigenvalue weighted by atomic mass is 19.2. The monoisotopic (exact) mass is 294 g/mol. The smallest absolute Gasteiger partial charge is 0.343 e. The van der Waals surface area contributed by atoms with Crippen LogP contribution in [-0.2, 0) is 4.74 Å². The number of allylic oxidation sites excluding steroid dienone is 4.